The third-order valence-electron chi connectivity index (χ3n) is 3.95. The Kier molecular flexibility index (Phi) is 4.94. The molecule has 0 amide bonds. The summed E-state index contributed by atoms with van der Waals surface area (Å²) < 4.78 is 13.8. The van der Waals surface area contributed by atoms with Crippen LogP contribution >= 0.6 is 0 Å². The fraction of sp³-hybridized carbons (Fsp3) is 0.625. The summed E-state index contributed by atoms with van der Waals surface area (Å²) in [5.41, 5.74) is 0.785. The third-order valence-corrected chi connectivity index (χ3v) is 3.95. The zero-order chi connectivity index (χ0) is 13.8. The van der Waals surface area contributed by atoms with Gasteiger partial charge < -0.3 is 5.32 Å². The quantitative estimate of drug-likeness (QED) is 0.813. The highest BCUT2D eigenvalue weighted by Crippen LogP contribution is 2.23. The summed E-state index contributed by atoms with van der Waals surface area (Å²) in [5, 5.41) is 3.55. The van der Waals surface area contributed by atoms with Gasteiger partial charge in [-0.25, -0.2) is 4.39 Å². The molecule has 1 N–H and O–H groups in total. The van der Waals surface area contributed by atoms with Crippen molar-refractivity contribution < 1.29 is 4.39 Å². The van der Waals surface area contributed by atoms with Crippen LogP contribution in [0.25, 0.3) is 0 Å². The lowest BCUT2D eigenvalue weighted by Gasteiger charge is -2.28. The lowest BCUT2D eigenvalue weighted by molar-refractivity contribution is 0.220. The zero-order valence-corrected chi connectivity index (χ0v) is 12.2. The maximum Gasteiger partial charge on any atom is 0.127 e. The van der Waals surface area contributed by atoms with Gasteiger partial charge in [0.2, 0.25) is 0 Å². The minimum absolute atomic E-state index is 0.106. The van der Waals surface area contributed by atoms with Crippen molar-refractivity contribution in [2.24, 2.45) is 5.92 Å². The molecule has 1 aliphatic rings. The number of nitrogens with one attached hydrogen (secondary N) is 1. The van der Waals surface area contributed by atoms with Crippen molar-refractivity contribution in [2.75, 3.05) is 20.1 Å². The molecule has 0 saturated heterocycles. The molecule has 0 bridgehead atoms. The Bertz CT molecular complexity index is 403. The van der Waals surface area contributed by atoms with Gasteiger partial charge in [0.25, 0.3) is 0 Å². The Morgan fingerprint density at radius 2 is 2.00 bits per heavy atom. The summed E-state index contributed by atoms with van der Waals surface area (Å²) >= 11 is 0. The van der Waals surface area contributed by atoms with Gasteiger partial charge in [0, 0.05) is 24.2 Å². The van der Waals surface area contributed by atoms with Crippen LogP contribution in [0.1, 0.15) is 38.3 Å². The number of halogens is 1. The molecule has 1 fully saturated rings. The van der Waals surface area contributed by atoms with E-state index in [9.17, 15) is 4.39 Å². The molecule has 106 valence electrons. The number of hydrogen-bond acceptors (Lipinski definition) is 2. The fourth-order valence-electron chi connectivity index (χ4n) is 2.42. The predicted molar refractivity (Wildman–Crippen MR) is 77.6 cm³/mol. The molecule has 1 aromatic rings. The zero-order valence-electron chi connectivity index (χ0n) is 12.2. The minimum atomic E-state index is -0.106. The second kappa shape index (κ2) is 6.49. The van der Waals surface area contributed by atoms with Crippen molar-refractivity contribution in [1.82, 2.24) is 10.2 Å². The first kappa shape index (κ1) is 14.5. The van der Waals surface area contributed by atoms with Gasteiger partial charge in [-0.1, -0.05) is 25.1 Å². The van der Waals surface area contributed by atoms with Crippen LogP contribution in [0.3, 0.4) is 0 Å². The molecule has 0 radical (unpaired) electrons. The van der Waals surface area contributed by atoms with Crippen molar-refractivity contribution >= 4 is 0 Å². The van der Waals surface area contributed by atoms with Crippen LogP contribution in [0.4, 0.5) is 4.39 Å². The molecule has 1 aliphatic carbocycles. The summed E-state index contributed by atoms with van der Waals surface area (Å²) in [6.45, 7) is 6.35. The number of hydrogen-bond donors (Lipinski definition) is 1. The molecular weight excluding hydrogens is 239 g/mol. The van der Waals surface area contributed by atoms with Crippen LogP contribution in [0, 0.1) is 11.7 Å². The molecule has 19 heavy (non-hydrogen) atoms. The lowest BCUT2D eigenvalue weighted by atomic mass is 10.0. The van der Waals surface area contributed by atoms with Crippen LogP contribution in [0.15, 0.2) is 24.3 Å². The highest BCUT2D eigenvalue weighted by molar-refractivity contribution is 5.20. The molecule has 0 spiro atoms. The average molecular weight is 264 g/mol. The van der Waals surface area contributed by atoms with Crippen molar-refractivity contribution in [3.8, 4) is 0 Å². The van der Waals surface area contributed by atoms with Crippen molar-refractivity contribution in [1.29, 1.82) is 0 Å². The van der Waals surface area contributed by atoms with Gasteiger partial charge in [-0.3, -0.25) is 4.90 Å². The van der Waals surface area contributed by atoms with Crippen LogP contribution in [0.5, 0.6) is 0 Å². The maximum absolute atomic E-state index is 13.8. The summed E-state index contributed by atoms with van der Waals surface area (Å²) in [4.78, 5) is 2.23. The van der Waals surface area contributed by atoms with E-state index in [4.69, 9.17) is 0 Å². The SMILES string of the molecule is CC(CNC1CC1)CN(C)C(C)c1ccccc1F. The molecule has 0 heterocycles. The molecule has 1 saturated carbocycles. The Labute approximate surface area is 116 Å². The summed E-state index contributed by atoms with van der Waals surface area (Å²) in [7, 11) is 2.07. The van der Waals surface area contributed by atoms with E-state index in [1.165, 1.54) is 18.9 Å². The Balaban J connectivity index is 1.84. The molecule has 2 rings (SSSR count). The van der Waals surface area contributed by atoms with Crippen molar-refractivity contribution in [3.63, 3.8) is 0 Å². The van der Waals surface area contributed by atoms with Gasteiger partial charge >= 0.3 is 0 Å². The predicted octanol–water partition coefficient (Wildman–Crippen LogP) is 3.21. The fourth-order valence-corrected chi connectivity index (χ4v) is 2.42. The summed E-state index contributed by atoms with van der Waals surface area (Å²) in [5.74, 6) is 0.477. The summed E-state index contributed by atoms with van der Waals surface area (Å²) in [6.07, 6.45) is 2.66. The largest absolute Gasteiger partial charge is 0.314 e. The van der Waals surface area contributed by atoms with Gasteiger partial charge in [-0.05, 0) is 45.3 Å². The van der Waals surface area contributed by atoms with E-state index < -0.39 is 0 Å². The topological polar surface area (TPSA) is 15.3 Å². The van der Waals surface area contributed by atoms with Gasteiger partial charge in [-0.15, -0.1) is 0 Å². The number of nitrogens with zero attached hydrogens (tertiary/aromatic N) is 1. The average Bonchev–Trinajstić information content (AvgIpc) is 3.20. The maximum atomic E-state index is 13.8. The van der Waals surface area contributed by atoms with E-state index in [0.717, 1.165) is 24.7 Å². The Hall–Kier alpha value is -0.930. The molecule has 2 atom stereocenters. The normalized spacial score (nSPS) is 18.6. The standard InChI is InChI=1S/C16H25FN2/c1-12(10-18-14-8-9-14)11-19(3)13(2)15-6-4-5-7-16(15)17/h4-7,12-14,18H,8-11H2,1-3H3. The van der Waals surface area contributed by atoms with Gasteiger partial charge in [0.05, 0.1) is 0 Å². The number of rotatable bonds is 7. The highest BCUT2D eigenvalue weighted by Gasteiger charge is 2.22. The minimum Gasteiger partial charge on any atom is -0.314 e. The molecular formula is C16H25FN2. The Morgan fingerprint density at radius 3 is 2.63 bits per heavy atom. The summed E-state index contributed by atoms with van der Waals surface area (Å²) in [6, 6.07) is 7.94. The molecule has 3 heteroatoms. The molecule has 0 aliphatic heterocycles. The second-order valence-electron chi connectivity index (χ2n) is 5.92. The van der Waals surface area contributed by atoms with E-state index in [1.807, 2.05) is 12.1 Å². The molecule has 2 nitrogen and oxygen atoms in total. The van der Waals surface area contributed by atoms with Gasteiger partial charge in [0.1, 0.15) is 5.82 Å². The Morgan fingerprint density at radius 1 is 1.32 bits per heavy atom. The third kappa shape index (κ3) is 4.29. The van der Waals surface area contributed by atoms with Gasteiger partial charge in [0.15, 0.2) is 0 Å². The van der Waals surface area contributed by atoms with E-state index in [2.05, 4.69) is 31.1 Å². The molecule has 2 unspecified atom stereocenters. The van der Waals surface area contributed by atoms with Gasteiger partial charge in [-0.2, -0.15) is 0 Å². The van der Waals surface area contributed by atoms with Crippen LogP contribution in [0.2, 0.25) is 0 Å². The lowest BCUT2D eigenvalue weighted by Crippen LogP contribution is -2.33. The number of benzene rings is 1. The van der Waals surface area contributed by atoms with Crippen LogP contribution < -0.4 is 5.32 Å². The first-order valence-electron chi connectivity index (χ1n) is 7.26. The van der Waals surface area contributed by atoms with E-state index in [-0.39, 0.29) is 11.9 Å². The van der Waals surface area contributed by atoms with Crippen molar-refractivity contribution in [2.45, 2.75) is 38.8 Å². The monoisotopic (exact) mass is 264 g/mol. The van der Waals surface area contributed by atoms with Crippen LogP contribution in [-0.2, 0) is 0 Å². The van der Waals surface area contributed by atoms with E-state index in [0.29, 0.717) is 5.92 Å². The van der Waals surface area contributed by atoms with Crippen LogP contribution in [-0.4, -0.2) is 31.1 Å². The highest BCUT2D eigenvalue weighted by atomic mass is 19.1. The van der Waals surface area contributed by atoms with E-state index in [1.54, 1.807) is 6.07 Å². The first-order valence-corrected chi connectivity index (χ1v) is 7.26. The first-order chi connectivity index (χ1) is 9.08. The molecule has 1 aromatic carbocycles. The molecule has 0 aromatic heterocycles. The smallest absolute Gasteiger partial charge is 0.127 e. The second-order valence-corrected chi connectivity index (χ2v) is 5.92. The van der Waals surface area contributed by atoms with E-state index >= 15 is 0 Å². The van der Waals surface area contributed by atoms with Crippen molar-refractivity contribution in [3.05, 3.63) is 35.6 Å².